The Morgan fingerprint density at radius 1 is 1.16 bits per heavy atom. The molecule has 3 heterocycles. The summed E-state index contributed by atoms with van der Waals surface area (Å²) in [5, 5.41) is 7.57. The highest BCUT2D eigenvalue weighted by Crippen LogP contribution is 2.38. The SMILES string of the molecule is c1ccc2oc(N[C@@H]3CCCN(Cc4noc(C5CC5)n4)C3)nc2c1. The number of nitrogens with zero attached hydrogens (tertiary/aromatic N) is 4. The van der Waals surface area contributed by atoms with Gasteiger partial charge in [0.15, 0.2) is 11.4 Å². The molecule has 0 unspecified atom stereocenters. The first-order valence-electron chi connectivity index (χ1n) is 9.00. The minimum atomic E-state index is 0.316. The van der Waals surface area contributed by atoms with Gasteiger partial charge in [0.05, 0.1) is 6.54 Å². The van der Waals surface area contributed by atoms with Crippen molar-refractivity contribution in [3.8, 4) is 0 Å². The number of benzene rings is 1. The van der Waals surface area contributed by atoms with E-state index in [1.165, 1.54) is 12.8 Å². The van der Waals surface area contributed by atoms with Crippen LogP contribution < -0.4 is 5.32 Å². The molecule has 1 saturated heterocycles. The molecule has 5 rings (SSSR count). The molecule has 0 amide bonds. The molecule has 7 heteroatoms. The van der Waals surface area contributed by atoms with E-state index in [0.717, 1.165) is 55.3 Å². The first kappa shape index (κ1) is 14.9. The summed E-state index contributed by atoms with van der Waals surface area (Å²) in [5.74, 6) is 2.12. The summed E-state index contributed by atoms with van der Waals surface area (Å²) >= 11 is 0. The summed E-state index contributed by atoms with van der Waals surface area (Å²) < 4.78 is 11.1. The van der Waals surface area contributed by atoms with Crippen LogP contribution in [0, 0.1) is 0 Å². The number of nitrogens with one attached hydrogen (secondary N) is 1. The summed E-state index contributed by atoms with van der Waals surface area (Å²) in [5.41, 5.74) is 1.70. The molecule has 2 aromatic heterocycles. The molecule has 25 heavy (non-hydrogen) atoms. The van der Waals surface area contributed by atoms with Crippen LogP contribution in [0.4, 0.5) is 6.01 Å². The van der Waals surface area contributed by atoms with Gasteiger partial charge in [-0.3, -0.25) is 4.90 Å². The molecule has 1 aliphatic carbocycles. The number of anilines is 1. The third-order valence-corrected chi connectivity index (χ3v) is 4.90. The standard InChI is InChI=1S/C18H21N5O2/c1-2-6-15-14(5-1)20-18(24-15)19-13-4-3-9-23(10-13)11-16-21-17(25-22-16)12-7-8-12/h1-2,5-6,12-13H,3-4,7-11H2,(H,19,20)/t13-/m1/s1. The van der Waals surface area contributed by atoms with Gasteiger partial charge in [-0.25, -0.2) is 0 Å². The van der Waals surface area contributed by atoms with Gasteiger partial charge in [-0.2, -0.15) is 9.97 Å². The van der Waals surface area contributed by atoms with Crippen molar-refractivity contribution in [2.75, 3.05) is 18.4 Å². The van der Waals surface area contributed by atoms with Crippen LogP contribution in [0.3, 0.4) is 0 Å². The van der Waals surface area contributed by atoms with Gasteiger partial charge >= 0.3 is 0 Å². The first-order chi connectivity index (χ1) is 12.3. The van der Waals surface area contributed by atoms with Crippen LogP contribution in [-0.4, -0.2) is 39.2 Å². The minimum Gasteiger partial charge on any atom is -0.424 e. The topological polar surface area (TPSA) is 80.2 Å². The number of oxazole rings is 1. The molecule has 0 spiro atoms. The minimum absolute atomic E-state index is 0.316. The Morgan fingerprint density at radius 3 is 2.96 bits per heavy atom. The quantitative estimate of drug-likeness (QED) is 0.764. The van der Waals surface area contributed by atoms with E-state index in [-0.39, 0.29) is 0 Å². The molecule has 0 bridgehead atoms. The van der Waals surface area contributed by atoms with Crippen LogP contribution in [-0.2, 0) is 6.54 Å². The number of fused-ring (bicyclic) bond motifs is 1. The van der Waals surface area contributed by atoms with Crippen LogP contribution in [0.15, 0.2) is 33.2 Å². The second kappa shape index (κ2) is 6.15. The van der Waals surface area contributed by atoms with E-state index >= 15 is 0 Å². The summed E-state index contributed by atoms with van der Waals surface area (Å²) in [4.78, 5) is 11.4. The lowest BCUT2D eigenvalue weighted by molar-refractivity contribution is 0.200. The molecule has 1 atom stereocenters. The van der Waals surface area contributed by atoms with Crippen LogP contribution in [0.2, 0.25) is 0 Å². The molecule has 1 aliphatic heterocycles. The van der Waals surface area contributed by atoms with Gasteiger partial charge in [-0.05, 0) is 44.4 Å². The monoisotopic (exact) mass is 339 g/mol. The Hall–Kier alpha value is -2.41. The van der Waals surface area contributed by atoms with Gasteiger partial charge in [-0.15, -0.1) is 0 Å². The van der Waals surface area contributed by atoms with Crippen LogP contribution >= 0.6 is 0 Å². The maximum absolute atomic E-state index is 5.78. The van der Waals surface area contributed by atoms with Crippen molar-refractivity contribution in [2.45, 2.75) is 44.2 Å². The Morgan fingerprint density at radius 2 is 2.08 bits per heavy atom. The zero-order valence-corrected chi connectivity index (χ0v) is 14.0. The van der Waals surface area contributed by atoms with Gasteiger partial charge in [-0.1, -0.05) is 17.3 Å². The van der Waals surface area contributed by atoms with Crippen molar-refractivity contribution < 1.29 is 8.94 Å². The second-order valence-corrected chi connectivity index (χ2v) is 7.03. The van der Waals surface area contributed by atoms with Gasteiger partial charge in [0.2, 0.25) is 5.89 Å². The van der Waals surface area contributed by atoms with Crippen molar-refractivity contribution in [1.82, 2.24) is 20.0 Å². The van der Waals surface area contributed by atoms with Crippen LogP contribution in [0.1, 0.15) is 43.3 Å². The van der Waals surface area contributed by atoms with E-state index in [1.807, 2.05) is 24.3 Å². The number of likely N-dealkylation sites (tertiary alicyclic amines) is 1. The van der Waals surface area contributed by atoms with E-state index in [4.69, 9.17) is 8.94 Å². The first-order valence-corrected chi connectivity index (χ1v) is 9.00. The lowest BCUT2D eigenvalue weighted by Crippen LogP contribution is -2.41. The highest BCUT2D eigenvalue weighted by molar-refractivity contribution is 5.74. The fourth-order valence-electron chi connectivity index (χ4n) is 3.45. The maximum Gasteiger partial charge on any atom is 0.295 e. The number of rotatable bonds is 5. The van der Waals surface area contributed by atoms with Gasteiger partial charge in [0.25, 0.3) is 6.01 Å². The fourth-order valence-corrected chi connectivity index (χ4v) is 3.45. The largest absolute Gasteiger partial charge is 0.424 e. The highest BCUT2D eigenvalue weighted by Gasteiger charge is 2.30. The van der Waals surface area contributed by atoms with Gasteiger partial charge in [0.1, 0.15) is 5.52 Å². The number of para-hydroxylation sites is 2. The molecule has 7 nitrogen and oxygen atoms in total. The van der Waals surface area contributed by atoms with Gasteiger partial charge < -0.3 is 14.3 Å². The van der Waals surface area contributed by atoms with Crippen molar-refractivity contribution in [3.05, 3.63) is 36.0 Å². The highest BCUT2D eigenvalue weighted by atomic mass is 16.5. The average Bonchev–Trinajstić information content (AvgIpc) is 3.23. The molecule has 0 radical (unpaired) electrons. The molecule has 2 aliphatic rings. The second-order valence-electron chi connectivity index (χ2n) is 7.03. The third kappa shape index (κ3) is 3.24. The smallest absolute Gasteiger partial charge is 0.295 e. The lowest BCUT2D eigenvalue weighted by Gasteiger charge is -2.31. The summed E-state index contributed by atoms with van der Waals surface area (Å²) in [6.45, 7) is 2.72. The zero-order chi connectivity index (χ0) is 16.6. The summed E-state index contributed by atoms with van der Waals surface area (Å²) in [6.07, 6.45) is 4.60. The zero-order valence-electron chi connectivity index (χ0n) is 14.0. The lowest BCUT2D eigenvalue weighted by atomic mass is 10.1. The Balaban J connectivity index is 1.22. The van der Waals surface area contributed by atoms with E-state index in [1.54, 1.807) is 0 Å². The predicted molar refractivity (Wildman–Crippen MR) is 92.2 cm³/mol. The van der Waals surface area contributed by atoms with E-state index in [9.17, 15) is 0 Å². The summed E-state index contributed by atoms with van der Waals surface area (Å²) in [6, 6.07) is 8.75. The molecule has 1 saturated carbocycles. The number of hydrogen-bond acceptors (Lipinski definition) is 7. The molecular formula is C18H21N5O2. The van der Waals surface area contributed by atoms with E-state index in [0.29, 0.717) is 18.0 Å². The fraction of sp³-hybridized carbons (Fsp3) is 0.500. The number of aromatic nitrogens is 3. The van der Waals surface area contributed by atoms with Crippen molar-refractivity contribution >= 4 is 17.1 Å². The Kier molecular flexibility index (Phi) is 3.66. The van der Waals surface area contributed by atoms with Crippen molar-refractivity contribution in [2.24, 2.45) is 0 Å². The van der Waals surface area contributed by atoms with E-state index < -0.39 is 0 Å². The Labute approximate surface area is 145 Å². The Bertz CT molecular complexity index is 836. The molecule has 1 N–H and O–H groups in total. The molecule has 1 aromatic carbocycles. The maximum atomic E-state index is 5.78. The van der Waals surface area contributed by atoms with Crippen molar-refractivity contribution in [1.29, 1.82) is 0 Å². The van der Waals surface area contributed by atoms with Crippen LogP contribution in [0.5, 0.6) is 0 Å². The normalized spacial score (nSPS) is 21.7. The predicted octanol–water partition coefficient (Wildman–Crippen LogP) is 3.16. The number of piperidine rings is 1. The summed E-state index contributed by atoms with van der Waals surface area (Å²) in [7, 11) is 0. The average molecular weight is 339 g/mol. The van der Waals surface area contributed by atoms with Crippen molar-refractivity contribution in [3.63, 3.8) is 0 Å². The molecule has 3 aromatic rings. The third-order valence-electron chi connectivity index (χ3n) is 4.90. The molecular weight excluding hydrogens is 318 g/mol. The van der Waals surface area contributed by atoms with Gasteiger partial charge in [0, 0.05) is 18.5 Å². The van der Waals surface area contributed by atoms with E-state index in [2.05, 4.69) is 25.3 Å². The van der Waals surface area contributed by atoms with Crippen LogP contribution in [0.25, 0.3) is 11.1 Å². The number of hydrogen-bond donors (Lipinski definition) is 1. The molecule has 2 fully saturated rings. The molecule has 130 valence electrons.